The van der Waals surface area contributed by atoms with E-state index in [1.54, 1.807) is 37.3 Å². The highest BCUT2D eigenvalue weighted by Crippen LogP contribution is 2.46. The summed E-state index contributed by atoms with van der Waals surface area (Å²) in [4.78, 5) is 79.6. The Balaban J connectivity index is 0.842. The number of ketones is 4. The van der Waals surface area contributed by atoms with Crippen LogP contribution >= 0.6 is 11.3 Å². The molecule has 13 aromatic rings. The Morgan fingerprint density at radius 2 is 0.756 bits per heavy atom. The number of aryl methyl sites for hydroxylation is 4. The van der Waals surface area contributed by atoms with Crippen LogP contribution in [0.15, 0.2) is 164 Å². The zero-order valence-corrected chi connectivity index (χ0v) is 53.0. The summed E-state index contributed by atoms with van der Waals surface area (Å²) >= 11 is 1.73. The number of aromatic nitrogens is 6. The lowest BCUT2D eigenvalue weighted by Crippen LogP contribution is -2.11. The second-order valence-electron chi connectivity index (χ2n) is 24.5. The molecule has 0 bridgehead atoms. The Morgan fingerprint density at radius 3 is 1.20 bits per heavy atom. The molecular formula is C78H71FN6O4S. The second kappa shape index (κ2) is 23.6. The summed E-state index contributed by atoms with van der Waals surface area (Å²) in [5, 5.41) is 5.50. The fourth-order valence-corrected chi connectivity index (χ4v) is 16.1. The highest BCUT2D eigenvalue weighted by molar-refractivity contribution is 7.19. The van der Waals surface area contributed by atoms with Gasteiger partial charge in [-0.25, -0.2) is 4.39 Å². The number of carbonyl (C=O) groups excluding carboxylic acids is 4. The van der Waals surface area contributed by atoms with Gasteiger partial charge < -0.3 is 29.9 Å². The molecular weight excluding hydrogens is 1140 g/mol. The molecule has 450 valence electrons. The van der Waals surface area contributed by atoms with Crippen LogP contribution in [0.4, 0.5) is 4.39 Å². The maximum absolute atomic E-state index is 15.0. The molecule has 0 aliphatic carbocycles. The van der Waals surface area contributed by atoms with E-state index in [9.17, 15) is 23.6 Å². The Hall–Kier alpha value is -9.91. The summed E-state index contributed by atoms with van der Waals surface area (Å²) in [6.45, 7) is 18.9. The number of benzene rings is 6. The van der Waals surface area contributed by atoms with Crippen molar-refractivity contribution in [2.75, 3.05) is 0 Å². The quantitative estimate of drug-likeness (QED) is 0.0445. The number of H-pyrrole nitrogens is 6. The first-order chi connectivity index (χ1) is 43.4. The highest BCUT2D eigenvalue weighted by Gasteiger charge is 2.34. The van der Waals surface area contributed by atoms with Gasteiger partial charge in [-0.05, 0) is 184 Å². The first-order valence-corrected chi connectivity index (χ1v) is 31.6. The summed E-state index contributed by atoms with van der Waals surface area (Å²) in [5.41, 5.74) is 19.1. The number of hydrogen-bond donors (Lipinski definition) is 6. The van der Waals surface area contributed by atoms with E-state index in [-0.39, 0.29) is 53.6 Å². The molecule has 6 aromatic carbocycles. The van der Waals surface area contributed by atoms with Gasteiger partial charge in [-0.2, -0.15) is 0 Å². The van der Waals surface area contributed by atoms with Crippen molar-refractivity contribution in [1.29, 1.82) is 0 Å². The minimum atomic E-state index is -0.404. The highest BCUT2D eigenvalue weighted by atomic mass is 32.1. The van der Waals surface area contributed by atoms with Crippen LogP contribution in [0, 0.1) is 61.2 Å². The number of Topliss-reactive ketones (excluding diaryl/α,β-unsaturated/α-hetero) is 4. The minimum absolute atomic E-state index is 0.00176. The van der Waals surface area contributed by atoms with Crippen molar-refractivity contribution in [1.82, 2.24) is 29.9 Å². The molecule has 13 rings (SSSR count). The van der Waals surface area contributed by atoms with Crippen LogP contribution in [-0.4, -0.2) is 53.0 Å². The molecule has 7 heterocycles. The summed E-state index contributed by atoms with van der Waals surface area (Å²) in [6.07, 6.45) is -0.000656. The summed E-state index contributed by atoms with van der Waals surface area (Å²) < 4.78 is 15.7. The predicted molar refractivity (Wildman–Crippen MR) is 360 cm³/mol. The van der Waals surface area contributed by atoms with Crippen molar-refractivity contribution in [3.05, 3.63) is 304 Å². The monoisotopic (exact) mass is 1210 g/mol. The van der Waals surface area contributed by atoms with E-state index in [1.807, 2.05) is 67.5 Å². The molecule has 0 radical (unpaired) electrons. The SMILES string of the molecule is CC(=O)c1c(C)[nH]c(C(c2ccc(F)cc2)c2ccc(C(c3[nH]c(C)c(C(=O)CCC(=O)c4c(C)[nH]c(C(c5ccc(C(c6[nH]c(C)c(C(C)=O)c6C)c6cccc7ccccc67)[nH]5)c5cc6ccccc6s5)c4C)c3C)c3cccc4ccccc34)[nH]2)c1C. The number of hydrogen-bond acceptors (Lipinski definition) is 5. The normalized spacial score (nSPS) is 13.1. The molecule has 0 amide bonds. The second-order valence-corrected chi connectivity index (χ2v) is 25.6. The van der Waals surface area contributed by atoms with Crippen molar-refractivity contribution in [2.24, 2.45) is 0 Å². The number of fused-ring (bicyclic) bond motifs is 3. The summed E-state index contributed by atoms with van der Waals surface area (Å²) in [7, 11) is 0. The maximum atomic E-state index is 15.0. The van der Waals surface area contributed by atoms with Gasteiger partial charge in [-0.1, -0.05) is 115 Å². The van der Waals surface area contributed by atoms with Gasteiger partial charge in [0.2, 0.25) is 0 Å². The number of thiophene rings is 1. The van der Waals surface area contributed by atoms with Gasteiger partial charge in [-0.3, -0.25) is 19.2 Å². The molecule has 4 unspecified atom stereocenters. The first-order valence-electron chi connectivity index (χ1n) is 30.8. The average Bonchev–Trinajstić information content (AvgIpc) is 1.61. The van der Waals surface area contributed by atoms with Gasteiger partial charge in [-0.15, -0.1) is 11.3 Å². The smallest absolute Gasteiger partial charge is 0.165 e. The largest absolute Gasteiger partial charge is 0.361 e. The molecule has 0 spiro atoms. The number of rotatable bonds is 19. The van der Waals surface area contributed by atoms with Crippen molar-refractivity contribution in [3.8, 4) is 0 Å². The van der Waals surface area contributed by atoms with E-state index in [0.717, 1.165) is 138 Å². The first kappa shape index (κ1) is 59.1. The third-order valence-electron chi connectivity index (χ3n) is 18.8. The van der Waals surface area contributed by atoms with E-state index >= 15 is 0 Å². The molecule has 0 aliphatic heterocycles. The van der Waals surface area contributed by atoms with Crippen LogP contribution < -0.4 is 0 Å². The fraction of sp³-hybridized carbons (Fsp3) is 0.205. The molecule has 12 heteroatoms. The maximum Gasteiger partial charge on any atom is 0.165 e. The van der Waals surface area contributed by atoms with E-state index in [2.05, 4.69) is 157 Å². The zero-order valence-electron chi connectivity index (χ0n) is 52.2. The molecule has 6 N–H and O–H groups in total. The molecule has 4 atom stereocenters. The van der Waals surface area contributed by atoms with E-state index in [1.165, 1.54) is 12.1 Å². The molecule has 0 fully saturated rings. The van der Waals surface area contributed by atoms with Crippen molar-refractivity contribution in [2.45, 2.75) is 106 Å². The standard InChI is InChI=1S/C78H71FN6O4S/c1-40-67(48(9)86)44(5)80-75(40)71(52-29-31-54(79)32-30-52)59-33-34-60(84-59)73(58-27-18-23-51-20-12-15-25-56(51)58)77-42(3)69(46(7)82-77)63(88)37-38-64(89)70-43(4)78(83-47(70)8)74(66-39-53-21-13-16-28-65(53)90-66)62-36-35-61(85-62)72(76-41(2)68(49(10)87)45(6)81-76)57-26-17-22-50-19-11-14-24-55(50)57/h11-36,39,71-74,80-85H,37-38H2,1-10H3. The van der Waals surface area contributed by atoms with Gasteiger partial charge in [0, 0.05) is 113 Å². The van der Waals surface area contributed by atoms with Crippen LogP contribution in [0.5, 0.6) is 0 Å². The van der Waals surface area contributed by atoms with Gasteiger partial charge in [0.25, 0.3) is 0 Å². The van der Waals surface area contributed by atoms with Crippen LogP contribution in [-0.2, 0) is 0 Å². The lowest BCUT2D eigenvalue weighted by molar-refractivity contribution is 0.0916. The third-order valence-corrected chi connectivity index (χ3v) is 20.0. The molecule has 7 aromatic heterocycles. The topological polar surface area (TPSA) is 163 Å². The van der Waals surface area contributed by atoms with Gasteiger partial charge in [0.1, 0.15) is 5.82 Å². The Morgan fingerprint density at radius 1 is 0.389 bits per heavy atom. The Bertz CT molecular complexity index is 4950. The molecule has 0 saturated carbocycles. The van der Waals surface area contributed by atoms with E-state index in [0.29, 0.717) is 27.9 Å². The minimum Gasteiger partial charge on any atom is -0.361 e. The van der Waals surface area contributed by atoms with Crippen LogP contribution in [0.25, 0.3) is 31.6 Å². The van der Waals surface area contributed by atoms with Gasteiger partial charge >= 0.3 is 0 Å². The fourth-order valence-electron chi connectivity index (χ4n) is 14.9. The number of halogens is 1. The van der Waals surface area contributed by atoms with Crippen LogP contribution in [0.2, 0.25) is 0 Å². The molecule has 0 saturated heterocycles. The van der Waals surface area contributed by atoms with Crippen LogP contribution in [0.1, 0.15) is 204 Å². The Labute approximate surface area is 526 Å². The third kappa shape index (κ3) is 10.3. The molecule has 0 aliphatic rings. The zero-order chi connectivity index (χ0) is 63.0. The lowest BCUT2D eigenvalue weighted by Gasteiger charge is -2.21. The number of aromatic amines is 6. The van der Waals surface area contributed by atoms with Crippen LogP contribution in [0.3, 0.4) is 0 Å². The van der Waals surface area contributed by atoms with Gasteiger partial charge in [0.05, 0.1) is 23.7 Å². The van der Waals surface area contributed by atoms with E-state index < -0.39 is 11.8 Å². The Kier molecular flexibility index (Phi) is 15.5. The van der Waals surface area contributed by atoms with Gasteiger partial charge in [0.15, 0.2) is 23.1 Å². The van der Waals surface area contributed by atoms with Crippen molar-refractivity contribution >= 4 is 66.1 Å². The van der Waals surface area contributed by atoms with Crippen molar-refractivity contribution in [3.63, 3.8) is 0 Å². The predicted octanol–water partition coefficient (Wildman–Crippen LogP) is 18.8. The molecule has 10 nitrogen and oxygen atoms in total. The number of nitrogens with one attached hydrogen (secondary N) is 6. The number of carbonyl (C=O) groups is 4. The summed E-state index contributed by atoms with van der Waals surface area (Å²) in [6, 6.07) is 55.0. The lowest BCUT2D eigenvalue weighted by atomic mass is 9.86. The summed E-state index contributed by atoms with van der Waals surface area (Å²) in [5.74, 6) is -2.02. The average molecular weight is 1210 g/mol. The molecule has 90 heavy (non-hydrogen) atoms. The van der Waals surface area contributed by atoms with Crippen molar-refractivity contribution < 1.29 is 23.6 Å². The van der Waals surface area contributed by atoms with E-state index in [4.69, 9.17) is 0 Å².